The largest absolute Gasteiger partial charge is 0.368 e. The van der Waals surface area contributed by atoms with Gasteiger partial charge in [0.05, 0.1) is 9.83 Å². The Morgan fingerprint density at radius 1 is 1.79 bits per heavy atom. The lowest BCUT2D eigenvalue weighted by atomic mass is 10.3. The minimum absolute atomic E-state index is 0.281. The van der Waals surface area contributed by atoms with E-state index < -0.39 is 0 Å². The zero-order valence-electron chi connectivity index (χ0n) is 8.13. The molecule has 0 radical (unpaired) electrons. The van der Waals surface area contributed by atoms with Gasteiger partial charge in [0.1, 0.15) is 0 Å². The summed E-state index contributed by atoms with van der Waals surface area (Å²) in [6.45, 7) is 4.49. The van der Waals surface area contributed by atoms with Crippen LogP contribution < -0.4 is 11.1 Å². The van der Waals surface area contributed by atoms with Crippen LogP contribution in [-0.2, 0) is 11.3 Å². The lowest BCUT2D eigenvalue weighted by Gasteiger charge is -2.07. The number of carbonyl (C=O) groups is 1. The third-order valence-electron chi connectivity index (χ3n) is 1.92. The van der Waals surface area contributed by atoms with Gasteiger partial charge in [-0.3, -0.25) is 4.79 Å². The van der Waals surface area contributed by atoms with Crippen molar-refractivity contribution in [3.8, 4) is 0 Å². The number of nitrogens with one attached hydrogen (secondary N) is 1. The number of aryl methyl sites for hydroxylation is 1. The average molecular weight is 277 g/mol. The van der Waals surface area contributed by atoms with Crippen molar-refractivity contribution in [1.29, 1.82) is 0 Å². The highest BCUT2D eigenvalue weighted by Crippen LogP contribution is 2.27. The van der Waals surface area contributed by atoms with E-state index in [2.05, 4.69) is 27.3 Å². The minimum atomic E-state index is -0.322. The summed E-state index contributed by atoms with van der Waals surface area (Å²) in [5.74, 6) is -0.322. The molecule has 0 fully saturated rings. The highest BCUT2D eigenvalue weighted by Gasteiger charge is 2.08. The zero-order chi connectivity index (χ0) is 10.7. The number of carbonyl (C=O) groups excluding carboxylic acids is 1. The molecule has 1 unspecified atom stereocenters. The summed E-state index contributed by atoms with van der Waals surface area (Å²) in [6.07, 6.45) is 0. The molecule has 1 rings (SSSR count). The van der Waals surface area contributed by atoms with Crippen molar-refractivity contribution in [1.82, 2.24) is 5.32 Å². The Balaban J connectivity index is 2.50. The average Bonchev–Trinajstić information content (AvgIpc) is 2.42. The van der Waals surface area contributed by atoms with E-state index in [-0.39, 0.29) is 11.9 Å². The van der Waals surface area contributed by atoms with Gasteiger partial charge in [-0.05, 0) is 41.4 Å². The summed E-state index contributed by atoms with van der Waals surface area (Å²) in [5, 5.41) is 3.05. The van der Waals surface area contributed by atoms with Gasteiger partial charge < -0.3 is 11.1 Å². The van der Waals surface area contributed by atoms with E-state index in [4.69, 9.17) is 5.73 Å². The Morgan fingerprint density at radius 3 is 2.86 bits per heavy atom. The van der Waals surface area contributed by atoms with Gasteiger partial charge in [-0.1, -0.05) is 0 Å². The lowest BCUT2D eigenvalue weighted by Crippen LogP contribution is -2.38. The molecule has 1 heterocycles. The van der Waals surface area contributed by atoms with Crippen molar-refractivity contribution < 1.29 is 4.79 Å². The quantitative estimate of drug-likeness (QED) is 0.881. The van der Waals surface area contributed by atoms with Gasteiger partial charge in [0.25, 0.3) is 0 Å². The van der Waals surface area contributed by atoms with E-state index in [1.807, 2.05) is 6.92 Å². The maximum Gasteiger partial charge on any atom is 0.234 e. The lowest BCUT2D eigenvalue weighted by molar-refractivity contribution is -0.119. The van der Waals surface area contributed by atoms with Gasteiger partial charge in [-0.15, -0.1) is 11.3 Å². The SMILES string of the molecule is Cc1cc(CNC(C)C(N)=O)sc1Br. The molecule has 1 aromatic heterocycles. The van der Waals surface area contributed by atoms with Crippen LogP contribution in [0.1, 0.15) is 17.4 Å². The fourth-order valence-electron chi connectivity index (χ4n) is 0.965. The van der Waals surface area contributed by atoms with Gasteiger partial charge in [-0.25, -0.2) is 0 Å². The first-order valence-electron chi connectivity index (χ1n) is 4.28. The number of thiophene rings is 1. The Kier molecular flexibility index (Phi) is 4.10. The molecule has 5 heteroatoms. The summed E-state index contributed by atoms with van der Waals surface area (Å²) in [4.78, 5) is 11.9. The maximum atomic E-state index is 10.7. The molecule has 14 heavy (non-hydrogen) atoms. The molecule has 0 aliphatic carbocycles. The first-order chi connectivity index (χ1) is 6.50. The third kappa shape index (κ3) is 3.08. The molecule has 1 amide bonds. The van der Waals surface area contributed by atoms with E-state index >= 15 is 0 Å². The zero-order valence-corrected chi connectivity index (χ0v) is 10.5. The van der Waals surface area contributed by atoms with Crippen LogP contribution in [0.15, 0.2) is 9.85 Å². The van der Waals surface area contributed by atoms with Crippen molar-refractivity contribution in [2.75, 3.05) is 0 Å². The van der Waals surface area contributed by atoms with E-state index in [0.717, 1.165) is 3.79 Å². The van der Waals surface area contributed by atoms with Crippen molar-refractivity contribution in [3.05, 3.63) is 20.3 Å². The summed E-state index contributed by atoms with van der Waals surface area (Å²) in [7, 11) is 0. The van der Waals surface area contributed by atoms with E-state index in [1.165, 1.54) is 10.4 Å². The molecule has 1 aromatic rings. The molecule has 0 saturated carbocycles. The van der Waals surface area contributed by atoms with Crippen LogP contribution in [0.5, 0.6) is 0 Å². The van der Waals surface area contributed by atoms with Crippen LogP contribution in [0.25, 0.3) is 0 Å². The van der Waals surface area contributed by atoms with Gasteiger partial charge in [0.15, 0.2) is 0 Å². The summed E-state index contributed by atoms with van der Waals surface area (Å²) in [6, 6.07) is 1.81. The van der Waals surface area contributed by atoms with Gasteiger partial charge in [0, 0.05) is 11.4 Å². The molecule has 78 valence electrons. The Morgan fingerprint density at radius 2 is 2.43 bits per heavy atom. The van der Waals surface area contributed by atoms with Crippen molar-refractivity contribution >= 4 is 33.2 Å². The van der Waals surface area contributed by atoms with Crippen LogP contribution >= 0.6 is 27.3 Å². The number of primary amides is 1. The summed E-state index contributed by atoms with van der Waals surface area (Å²) < 4.78 is 1.14. The molecule has 1 atom stereocenters. The van der Waals surface area contributed by atoms with Crippen LogP contribution in [0, 0.1) is 6.92 Å². The predicted molar refractivity (Wildman–Crippen MR) is 62.3 cm³/mol. The summed E-state index contributed by atoms with van der Waals surface area (Å²) >= 11 is 5.12. The van der Waals surface area contributed by atoms with Crippen LogP contribution in [0.3, 0.4) is 0 Å². The molecular weight excluding hydrogens is 264 g/mol. The molecule has 0 aromatic carbocycles. The number of halogens is 1. The molecule has 0 spiro atoms. The van der Waals surface area contributed by atoms with Crippen LogP contribution in [0.2, 0.25) is 0 Å². The topological polar surface area (TPSA) is 55.1 Å². The Labute approximate surface area is 95.8 Å². The third-order valence-corrected chi connectivity index (χ3v) is 4.05. The van der Waals surface area contributed by atoms with Gasteiger partial charge in [0.2, 0.25) is 5.91 Å². The molecule has 0 aliphatic heterocycles. The highest BCUT2D eigenvalue weighted by molar-refractivity contribution is 9.11. The first-order valence-corrected chi connectivity index (χ1v) is 5.89. The van der Waals surface area contributed by atoms with E-state index in [9.17, 15) is 4.79 Å². The Hall–Kier alpha value is -0.390. The van der Waals surface area contributed by atoms with Gasteiger partial charge in [-0.2, -0.15) is 0 Å². The normalized spacial score (nSPS) is 12.8. The second kappa shape index (κ2) is 4.91. The number of rotatable bonds is 4. The maximum absolute atomic E-state index is 10.7. The molecule has 3 nitrogen and oxygen atoms in total. The second-order valence-corrected chi connectivity index (χ2v) is 5.63. The van der Waals surface area contributed by atoms with E-state index in [0.29, 0.717) is 6.54 Å². The fourth-order valence-corrected chi connectivity index (χ4v) is 2.54. The monoisotopic (exact) mass is 276 g/mol. The predicted octanol–water partition coefficient (Wildman–Crippen LogP) is 1.78. The molecule has 3 N–H and O–H groups in total. The summed E-state index contributed by atoms with van der Waals surface area (Å²) in [5.41, 5.74) is 6.35. The fraction of sp³-hybridized carbons (Fsp3) is 0.444. The minimum Gasteiger partial charge on any atom is -0.368 e. The molecule has 0 aliphatic rings. The molecular formula is C9H13BrN2OS. The van der Waals surface area contributed by atoms with E-state index in [1.54, 1.807) is 18.3 Å². The highest BCUT2D eigenvalue weighted by atomic mass is 79.9. The number of nitrogens with two attached hydrogens (primary N) is 1. The standard InChI is InChI=1S/C9H13BrN2OS/c1-5-3-7(14-8(5)10)4-12-6(2)9(11)13/h3,6,12H,4H2,1-2H3,(H2,11,13). The molecule has 0 bridgehead atoms. The van der Waals surface area contributed by atoms with Crippen molar-refractivity contribution in [2.45, 2.75) is 26.4 Å². The van der Waals surface area contributed by atoms with Crippen molar-refractivity contribution in [2.24, 2.45) is 5.73 Å². The second-order valence-electron chi connectivity index (χ2n) is 3.17. The van der Waals surface area contributed by atoms with Crippen LogP contribution in [0.4, 0.5) is 0 Å². The number of hydrogen-bond donors (Lipinski definition) is 2. The van der Waals surface area contributed by atoms with Crippen molar-refractivity contribution in [3.63, 3.8) is 0 Å². The Bertz CT molecular complexity index is 318. The number of hydrogen-bond acceptors (Lipinski definition) is 3. The van der Waals surface area contributed by atoms with Crippen LogP contribution in [-0.4, -0.2) is 11.9 Å². The number of amides is 1. The molecule has 0 saturated heterocycles. The first kappa shape index (κ1) is 11.7. The van der Waals surface area contributed by atoms with Gasteiger partial charge >= 0.3 is 0 Å². The smallest absolute Gasteiger partial charge is 0.234 e.